The minimum Gasteiger partial charge on any atom is -0.449 e. The third-order valence-corrected chi connectivity index (χ3v) is 6.12. The van der Waals surface area contributed by atoms with Gasteiger partial charge in [-0.15, -0.1) is 0 Å². The summed E-state index contributed by atoms with van der Waals surface area (Å²) in [6, 6.07) is 5.26. The Bertz CT molecular complexity index is 704. The van der Waals surface area contributed by atoms with Crippen LogP contribution in [0.4, 0.5) is 0 Å². The first-order chi connectivity index (χ1) is 8.97. The van der Waals surface area contributed by atoms with E-state index in [4.69, 9.17) is 32.7 Å². The number of hydrogen-bond acceptors (Lipinski definition) is 2. The number of benzene rings is 2. The molecule has 3 rings (SSSR count). The molecule has 0 spiro atoms. The summed E-state index contributed by atoms with van der Waals surface area (Å²) in [5.74, 6) is 2.23. The Morgan fingerprint density at radius 1 is 0.789 bits per heavy atom. The highest BCUT2D eigenvalue weighted by Crippen LogP contribution is 2.53. The predicted molar refractivity (Wildman–Crippen MR) is 86.2 cm³/mol. The van der Waals surface area contributed by atoms with Crippen molar-refractivity contribution >= 4 is 71.0 Å². The Morgan fingerprint density at radius 3 is 2.00 bits per heavy atom. The van der Waals surface area contributed by atoms with Crippen LogP contribution >= 0.6 is 71.0 Å². The second-order valence-electron chi connectivity index (χ2n) is 3.73. The van der Waals surface area contributed by atoms with E-state index in [1.807, 2.05) is 12.1 Å². The molecule has 0 saturated heterocycles. The van der Waals surface area contributed by atoms with Gasteiger partial charge in [-0.3, -0.25) is 0 Å². The molecule has 0 radical (unpaired) electrons. The summed E-state index contributed by atoms with van der Waals surface area (Å²) < 4.78 is 13.9. The van der Waals surface area contributed by atoms with Crippen molar-refractivity contribution in [1.29, 1.82) is 0 Å². The number of halogens is 5. The van der Waals surface area contributed by atoms with Crippen LogP contribution in [-0.4, -0.2) is 0 Å². The van der Waals surface area contributed by atoms with Crippen LogP contribution in [0.15, 0.2) is 31.6 Å². The topological polar surface area (TPSA) is 18.5 Å². The first-order valence-electron chi connectivity index (χ1n) is 4.99. The molecule has 1 aliphatic heterocycles. The second kappa shape index (κ2) is 5.11. The average Bonchev–Trinajstić information content (AvgIpc) is 2.37. The lowest BCUT2D eigenvalue weighted by Crippen LogP contribution is -2.00. The monoisotopic (exact) mass is 486 g/mol. The lowest BCUT2D eigenvalue weighted by Gasteiger charge is -2.23. The lowest BCUT2D eigenvalue weighted by atomic mass is 10.2. The van der Waals surface area contributed by atoms with Crippen molar-refractivity contribution in [3.05, 3.63) is 41.7 Å². The van der Waals surface area contributed by atoms with Gasteiger partial charge in [-0.05, 0) is 47.8 Å². The number of fused-ring (bicyclic) bond motifs is 2. The lowest BCUT2D eigenvalue weighted by molar-refractivity contribution is 0.357. The molecule has 0 atom stereocenters. The smallest absolute Gasteiger partial charge is 0.185 e. The Balaban J connectivity index is 2.17. The Labute approximate surface area is 144 Å². The molecule has 0 N–H and O–H groups in total. The molecule has 2 aromatic rings. The van der Waals surface area contributed by atoms with Gasteiger partial charge < -0.3 is 9.47 Å². The van der Waals surface area contributed by atoms with Crippen LogP contribution in [0.25, 0.3) is 0 Å². The number of rotatable bonds is 0. The largest absolute Gasteiger partial charge is 0.449 e. The Hall–Kier alpha value is 0.0600. The van der Waals surface area contributed by atoms with E-state index in [0.717, 1.165) is 8.95 Å². The summed E-state index contributed by atoms with van der Waals surface area (Å²) in [6.07, 6.45) is 0. The van der Waals surface area contributed by atoms with Crippen molar-refractivity contribution in [2.24, 2.45) is 0 Å². The van der Waals surface area contributed by atoms with Crippen molar-refractivity contribution in [1.82, 2.24) is 0 Å². The zero-order chi connectivity index (χ0) is 13.7. The van der Waals surface area contributed by atoms with Gasteiger partial charge in [0, 0.05) is 27.1 Å². The van der Waals surface area contributed by atoms with Gasteiger partial charge in [0.05, 0.1) is 14.5 Å². The minimum absolute atomic E-state index is 0.392. The Kier molecular flexibility index (Phi) is 3.77. The van der Waals surface area contributed by atoms with Crippen molar-refractivity contribution < 1.29 is 9.47 Å². The normalized spacial score (nSPS) is 12.3. The summed E-state index contributed by atoms with van der Waals surface area (Å²) >= 11 is 22.3. The molecular formula is C12H3Br3Cl2O2. The maximum Gasteiger partial charge on any atom is 0.185 e. The molecule has 98 valence electrons. The molecule has 0 fully saturated rings. The fourth-order valence-corrected chi connectivity index (χ4v) is 3.21. The van der Waals surface area contributed by atoms with Gasteiger partial charge in [-0.2, -0.15) is 0 Å². The molecule has 19 heavy (non-hydrogen) atoms. The molecule has 0 bridgehead atoms. The molecule has 0 amide bonds. The van der Waals surface area contributed by atoms with Crippen LogP contribution in [0.3, 0.4) is 0 Å². The zero-order valence-electron chi connectivity index (χ0n) is 8.94. The average molecular weight is 490 g/mol. The SMILES string of the molecule is Clc1cc2c(c(Br)c1Cl)Oc1cc(Br)c(Br)cc1O2. The molecule has 0 aliphatic carbocycles. The summed E-state index contributed by atoms with van der Waals surface area (Å²) in [5, 5.41) is 0.791. The van der Waals surface area contributed by atoms with E-state index in [1.54, 1.807) is 6.07 Å². The van der Waals surface area contributed by atoms with Gasteiger partial charge in [0.25, 0.3) is 0 Å². The van der Waals surface area contributed by atoms with Crippen LogP contribution in [-0.2, 0) is 0 Å². The standard InChI is InChI=1S/C12H3Br3Cl2O2/c13-4-1-7-8(2-5(4)14)19-12-9(18-7)3-6(16)11(17)10(12)15/h1-3H. The van der Waals surface area contributed by atoms with Gasteiger partial charge >= 0.3 is 0 Å². The molecule has 0 aromatic heterocycles. The molecule has 0 unspecified atom stereocenters. The fourth-order valence-electron chi connectivity index (χ4n) is 1.63. The van der Waals surface area contributed by atoms with E-state index in [0.29, 0.717) is 37.5 Å². The van der Waals surface area contributed by atoms with Crippen molar-refractivity contribution in [2.45, 2.75) is 0 Å². The second-order valence-corrected chi connectivity index (χ2v) is 7.02. The first-order valence-corrected chi connectivity index (χ1v) is 8.13. The summed E-state index contributed by atoms with van der Waals surface area (Å²) in [5.41, 5.74) is 0. The molecule has 0 saturated carbocycles. The molecule has 2 aromatic carbocycles. The van der Waals surface area contributed by atoms with Gasteiger partial charge in [0.1, 0.15) is 0 Å². The Morgan fingerprint density at radius 2 is 1.37 bits per heavy atom. The minimum atomic E-state index is 0.392. The third kappa shape index (κ3) is 2.40. The van der Waals surface area contributed by atoms with E-state index in [2.05, 4.69) is 47.8 Å². The maximum absolute atomic E-state index is 6.07. The maximum atomic E-state index is 6.07. The molecule has 1 aliphatic rings. The number of hydrogen-bond donors (Lipinski definition) is 0. The van der Waals surface area contributed by atoms with E-state index in [9.17, 15) is 0 Å². The van der Waals surface area contributed by atoms with Gasteiger partial charge in [-0.25, -0.2) is 0 Å². The molecular weight excluding hydrogens is 487 g/mol. The van der Waals surface area contributed by atoms with Gasteiger partial charge in [-0.1, -0.05) is 23.2 Å². The van der Waals surface area contributed by atoms with Gasteiger partial charge in [0.15, 0.2) is 23.0 Å². The molecule has 7 heteroatoms. The van der Waals surface area contributed by atoms with E-state index in [-0.39, 0.29) is 0 Å². The van der Waals surface area contributed by atoms with Crippen LogP contribution < -0.4 is 9.47 Å². The third-order valence-electron chi connectivity index (χ3n) is 2.50. The van der Waals surface area contributed by atoms with Crippen LogP contribution in [0.5, 0.6) is 23.0 Å². The summed E-state index contributed by atoms with van der Waals surface area (Å²) in [7, 11) is 0. The quantitative estimate of drug-likeness (QED) is 0.311. The van der Waals surface area contributed by atoms with E-state index in [1.165, 1.54) is 0 Å². The highest BCUT2D eigenvalue weighted by atomic mass is 79.9. The van der Waals surface area contributed by atoms with Crippen molar-refractivity contribution in [3.8, 4) is 23.0 Å². The summed E-state index contributed by atoms with van der Waals surface area (Å²) in [4.78, 5) is 0. The highest BCUT2D eigenvalue weighted by molar-refractivity contribution is 9.13. The predicted octanol–water partition coefficient (Wildman–Crippen LogP) is 7.18. The highest BCUT2D eigenvalue weighted by Gasteiger charge is 2.25. The van der Waals surface area contributed by atoms with E-state index < -0.39 is 0 Å². The van der Waals surface area contributed by atoms with Crippen LogP contribution in [0.1, 0.15) is 0 Å². The van der Waals surface area contributed by atoms with Crippen LogP contribution in [0, 0.1) is 0 Å². The fraction of sp³-hybridized carbons (Fsp3) is 0. The molecule has 1 heterocycles. The van der Waals surface area contributed by atoms with E-state index >= 15 is 0 Å². The summed E-state index contributed by atoms with van der Waals surface area (Å²) in [6.45, 7) is 0. The molecule has 2 nitrogen and oxygen atoms in total. The van der Waals surface area contributed by atoms with Crippen molar-refractivity contribution in [3.63, 3.8) is 0 Å². The zero-order valence-corrected chi connectivity index (χ0v) is 15.2. The van der Waals surface area contributed by atoms with Crippen LogP contribution in [0.2, 0.25) is 10.0 Å². The first kappa shape index (κ1) is 14.0. The van der Waals surface area contributed by atoms with Gasteiger partial charge in [0.2, 0.25) is 0 Å². The van der Waals surface area contributed by atoms with Crippen molar-refractivity contribution in [2.75, 3.05) is 0 Å². The number of ether oxygens (including phenoxy) is 2.